The summed E-state index contributed by atoms with van der Waals surface area (Å²) < 4.78 is 21.4. The first-order chi connectivity index (χ1) is 19.3. The van der Waals surface area contributed by atoms with Crippen LogP contribution >= 0.6 is 11.6 Å². The number of carbonyl (C=O) groups is 3. The number of nitrogens with one attached hydrogen (secondary N) is 3. The first kappa shape index (κ1) is 29.8. The monoisotopic (exact) mass is 568 g/mol. The smallest absolute Gasteiger partial charge is 0.329 e. The van der Waals surface area contributed by atoms with E-state index in [0.717, 1.165) is 5.56 Å². The molecule has 0 fully saturated rings. The quantitative estimate of drug-likeness (QED) is 0.173. The van der Waals surface area contributed by atoms with Crippen LogP contribution in [-0.4, -0.2) is 58.4 Å². The van der Waals surface area contributed by atoms with Gasteiger partial charge in [-0.15, -0.1) is 0 Å². The van der Waals surface area contributed by atoms with Crippen LogP contribution in [0.1, 0.15) is 11.1 Å². The van der Waals surface area contributed by atoms with Crippen LogP contribution in [0.15, 0.2) is 65.8 Å². The highest BCUT2D eigenvalue weighted by Gasteiger charge is 2.13. The largest absolute Gasteiger partial charge is 0.493 e. The van der Waals surface area contributed by atoms with Crippen LogP contribution in [0.25, 0.3) is 0 Å². The van der Waals surface area contributed by atoms with E-state index in [1.165, 1.54) is 20.4 Å². The number of anilines is 1. The van der Waals surface area contributed by atoms with E-state index in [4.69, 9.17) is 30.5 Å². The van der Waals surface area contributed by atoms with Crippen LogP contribution in [0.5, 0.6) is 23.0 Å². The van der Waals surface area contributed by atoms with E-state index < -0.39 is 17.7 Å². The number of carbonyl (C=O) groups excluding carboxylic acids is 3. The molecule has 0 unspecified atom stereocenters. The molecule has 40 heavy (non-hydrogen) atoms. The Labute approximate surface area is 236 Å². The summed E-state index contributed by atoms with van der Waals surface area (Å²) in [6.45, 7) is -0.0350. The van der Waals surface area contributed by atoms with Crippen molar-refractivity contribution in [3.63, 3.8) is 0 Å². The first-order valence-electron chi connectivity index (χ1n) is 12.0. The molecule has 0 heterocycles. The molecule has 0 radical (unpaired) electrons. The third-order valence-electron chi connectivity index (χ3n) is 5.43. The maximum atomic E-state index is 12.2. The highest BCUT2D eigenvalue weighted by atomic mass is 35.5. The number of hydrogen-bond acceptors (Lipinski definition) is 8. The van der Waals surface area contributed by atoms with Gasteiger partial charge in [-0.2, -0.15) is 5.10 Å². The van der Waals surface area contributed by atoms with Crippen molar-refractivity contribution in [3.8, 4) is 23.0 Å². The van der Waals surface area contributed by atoms with Gasteiger partial charge >= 0.3 is 11.8 Å². The Morgan fingerprint density at radius 2 is 1.55 bits per heavy atom. The minimum Gasteiger partial charge on any atom is -0.493 e. The second-order valence-electron chi connectivity index (χ2n) is 8.12. The number of rotatable bonds is 12. The average molecular weight is 569 g/mol. The molecule has 0 bridgehead atoms. The van der Waals surface area contributed by atoms with Gasteiger partial charge in [-0.3, -0.25) is 14.4 Å². The number of methoxy groups -OCH3 is 3. The van der Waals surface area contributed by atoms with Crippen LogP contribution in [-0.2, 0) is 20.8 Å². The Morgan fingerprint density at radius 3 is 2.27 bits per heavy atom. The fraction of sp³-hybridized carbons (Fsp3) is 0.214. The molecule has 0 aliphatic carbocycles. The second kappa shape index (κ2) is 15.0. The molecule has 0 aliphatic heterocycles. The number of nitrogens with zero attached hydrogens (tertiary/aromatic N) is 1. The minimum absolute atomic E-state index is 0.237. The van der Waals surface area contributed by atoms with Crippen molar-refractivity contribution >= 4 is 41.2 Å². The summed E-state index contributed by atoms with van der Waals surface area (Å²) in [6, 6.07) is 17.1. The third kappa shape index (κ3) is 8.63. The molecule has 3 rings (SSSR count). The molecule has 0 spiro atoms. The summed E-state index contributed by atoms with van der Waals surface area (Å²) in [5, 5.41) is 9.43. The number of hydrogen-bond donors (Lipinski definition) is 3. The van der Waals surface area contributed by atoms with Gasteiger partial charge in [-0.1, -0.05) is 29.8 Å². The predicted molar refractivity (Wildman–Crippen MR) is 151 cm³/mol. The molecule has 0 saturated carbocycles. The fourth-order valence-electron chi connectivity index (χ4n) is 3.43. The van der Waals surface area contributed by atoms with Crippen molar-refractivity contribution in [1.29, 1.82) is 0 Å². The molecule has 11 nitrogen and oxygen atoms in total. The van der Waals surface area contributed by atoms with Crippen molar-refractivity contribution in [2.24, 2.45) is 5.10 Å². The number of ether oxygens (including phenoxy) is 4. The molecule has 12 heteroatoms. The van der Waals surface area contributed by atoms with Gasteiger partial charge in [-0.05, 0) is 60.0 Å². The van der Waals surface area contributed by atoms with E-state index in [0.29, 0.717) is 45.7 Å². The van der Waals surface area contributed by atoms with E-state index >= 15 is 0 Å². The number of para-hydroxylation sites is 1. The number of halogens is 1. The van der Waals surface area contributed by atoms with E-state index in [9.17, 15) is 14.4 Å². The lowest BCUT2D eigenvalue weighted by Gasteiger charge is -2.12. The lowest BCUT2D eigenvalue weighted by molar-refractivity contribution is -0.139. The van der Waals surface area contributed by atoms with Gasteiger partial charge in [0.1, 0.15) is 0 Å². The van der Waals surface area contributed by atoms with Crippen LogP contribution < -0.4 is 35.0 Å². The van der Waals surface area contributed by atoms with Gasteiger partial charge in [0, 0.05) is 6.54 Å². The molecule has 0 aromatic heterocycles. The van der Waals surface area contributed by atoms with E-state index in [-0.39, 0.29) is 13.2 Å². The Kier molecular flexibility index (Phi) is 11.2. The molecule has 210 valence electrons. The number of hydrazone groups is 1. The van der Waals surface area contributed by atoms with Crippen molar-refractivity contribution in [2.45, 2.75) is 6.42 Å². The van der Waals surface area contributed by atoms with Crippen LogP contribution in [0, 0.1) is 0 Å². The van der Waals surface area contributed by atoms with Crippen molar-refractivity contribution in [3.05, 3.63) is 76.8 Å². The number of amides is 3. The first-order valence-corrected chi connectivity index (χ1v) is 12.4. The minimum atomic E-state index is -0.917. The Hall–Kier alpha value is -4.77. The zero-order chi connectivity index (χ0) is 28.9. The highest BCUT2D eigenvalue weighted by Crippen LogP contribution is 2.28. The molecular formula is C28H29ClN4O7. The zero-order valence-electron chi connectivity index (χ0n) is 22.2. The molecule has 0 atom stereocenters. The van der Waals surface area contributed by atoms with Crippen molar-refractivity contribution in [2.75, 3.05) is 39.8 Å². The summed E-state index contributed by atoms with van der Waals surface area (Å²) in [5.41, 5.74) is 4.11. The Bertz CT molecular complexity index is 1380. The molecular weight excluding hydrogens is 540 g/mol. The second-order valence-corrected chi connectivity index (χ2v) is 8.53. The van der Waals surface area contributed by atoms with Gasteiger partial charge in [0.15, 0.2) is 29.6 Å². The maximum absolute atomic E-state index is 12.2. The van der Waals surface area contributed by atoms with Crippen LogP contribution in [0.4, 0.5) is 5.69 Å². The summed E-state index contributed by atoms with van der Waals surface area (Å²) in [4.78, 5) is 36.4. The average Bonchev–Trinajstić information content (AvgIpc) is 2.97. The lowest BCUT2D eigenvalue weighted by atomic mass is 10.1. The van der Waals surface area contributed by atoms with E-state index in [2.05, 4.69) is 21.2 Å². The van der Waals surface area contributed by atoms with Gasteiger partial charge in [0.05, 0.1) is 38.3 Å². The van der Waals surface area contributed by atoms with Crippen LogP contribution in [0.3, 0.4) is 0 Å². The molecule has 3 N–H and O–H groups in total. The standard InChI is InChI=1S/C28H29ClN4O7/c1-37-22-10-8-18(14-24(22)38-2)12-13-30-27(35)28(36)33-31-16-19-9-11-23(25(15-19)39-3)40-17-26(34)32-21-7-5-4-6-20(21)29/h4-11,14-16H,12-13,17H2,1-3H3,(H,30,35)(H,32,34)(H,33,36)/b31-16-. The van der Waals surface area contributed by atoms with Crippen molar-refractivity contribution < 1.29 is 33.3 Å². The molecule has 0 saturated heterocycles. The molecule has 3 amide bonds. The van der Waals surface area contributed by atoms with Gasteiger partial charge in [0.25, 0.3) is 5.91 Å². The Balaban J connectivity index is 1.46. The normalized spacial score (nSPS) is 10.5. The zero-order valence-corrected chi connectivity index (χ0v) is 22.9. The molecule has 3 aromatic rings. The molecule has 0 aliphatic rings. The fourth-order valence-corrected chi connectivity index (χ4v) is 3.61. The van der Waals surface area contributed by atoms with Crippen LogP contribution in [0.2, 0.25) is 5.02 Å². The van der Waals surface area contributed by atoms with E-state index in [1.807, 2.05) is 6.07 Å². The summed E-state index contributed by atoms with van der Waals surface area (Å²) in [6.07, 6.45) is 1.82. The van der Waals surface area contributed by atoms with Crippen molar-refractivity contribution in [1.82, 2.24) is 10.7 Å². The highest BCUT2D eigenvalue weighted by molar-refractivity contribution is 6.35. The Morgan fingerprint density at radius 1 is 0.850 bits per heavy atom. The van der Waals surface area contributed by atoms with Gasteiger partial charge in [-0.25, -0.2) is 5.43 Å². The summed E-state index contributed by atoms with van der Waals surface area (Å²) in [7, 11) is 4.53. The van der Waals surface area contributed by atoms with Gasteiger partial charge < -0.3 is 29.6 Å². The summed E-state index contributed by atoms with van der Waals surface area (Å²) in [5.74, 6) is -0.294. The maximum Gasteiger partial charge on any atom is 0.329 e. The topological polar surface area (TPSA) is 137 Å². The predicted octanol–water partition coefficient (Wildman–Crippen LogP) is 3.19. The van der Waals surface area contributed by atoms with E-state index in [1.54, 1.807) is 61.7 Å². The third-order valence-corrected chi connectivity index (χ3v) is 5.76. The van der Waals surface area contributed by atoms with Gasteiger partial charge in [0.2, 0.25) is 0 Å². The summed E-state index contributed by atoms with van der Waals surface area (Å²) >= 11 is 6.05. The molecule has 3 aromatic carbocycles. The lowest BCUT2D eigenvalue weighted by Crippen LogP contribution is -2.38. The SMILES string of the molecule is COc1ccc(CCNC(=O)C(=O)N/N=C\c2ccc(OCC(=O)Nc3ccccc3Cl)c(OC)c2)cc1OC. The number of benzene rings is 3.